The maximum atomic E-state index is 12.4. The fraction of sp³-hybridized carbons (Fsp3) is 0.107. The van der Waals surface area contributed by atoms with Gasteiger partial charge >= 0.3 is 6.03 Å². The Labute approximate surface area is 219 Å². The highest BCUT2D eigenvalue weighted by molar-refractivity contribution is 7.99. The van der Waals surface area contributed by atoms with Crippen LogP contribution in [0.2, 0.25) is 10.0 Å². The summed E-state index contributed by atoms with van der Waals surface area (Å²) in [7, 11) is 0. The maximum Gasteiger partial charge on any atom is 0.319 e. The van der Waals surface area contributed by atoms with Crippen LogP contribution in [0.25, 0.3) is 0 Å². The Bertz CT molecular complexity index is 1300. The van der Waals surface area contributed by atoms with Crippen molar-refractivity contribution >= 4 is 46.7 Å². The van der Waals surface area contributed by atoms with Crippen molar-refractivity contribution in [1.29, 1.82) is 0 Å². The second kappa shape index (κ2) is 12.0. The van der Waals surface area contributed by atoms with Crippen molar-refractivity contribution in [2.24, 2.45) is 0 Å². The molecule has 4 aromatic carbocycles. The molecule has 0 aromatic heterocycles. The van der Waals surface area contributed by atoms with E-state index in [0.717, 1.165) is 20.9 Å². The zero-order valence-electron chi connectivity index (χ0n) is 18.8. The van der Waals surface area contributed by atoms with E-state index >= 15 is 0 Å². The SMILES string of the molecule is O=C(NCc1ccccc1)Nc1cc(Cl)c(O)c(CCc2ccccc2Sc2ccc(Cl)cc2)c1. The van der Waals surface area contributed by atoms with Crippen molar-refractivity contribution in [2.45, 2.75) is 29.2 Å². The van der Waals surface area contributed by atoms with Crippen LogP contribution in [0.1, 0.15) is 16.7 Å². The third-order valence-corrected chi connectivity index (χ3v) is 7.04. The number of hydrogen-bond acceptors (Lipinski definition) is 3. The number of rotatable bonds is 8. The predicted octanol–water partition coefficient (Wildman–Crippen LogP) is 7.96. The molecule has 0 fully saturated rings. The van der Waals surface area contributed by atoms with Gasteiger partial charge in [0.25, 0.3) is 0 Å². The van der Waals surface area contributed by atoms with E-state index in [9.17, 15) is 9.90 Å². The van der Waals surface area contributed by atoms with E-state index in [-0.39, 0.29) is 16.8 Å². The molecule has 0 radical (unpaired) electrons. The molecule has 4 rings (SSSR count). The Morgan fingerprint density at radius 3 is 2.29 bits per heavy atom. The smallest absolute Gasteiger partial charge is 0.319 e. The third kappa shape index (κ3) is 7.18. The number of benzene rings is 4. The lowest BCUT2D eigenvalue weighted by Crippen LogP contribution is -2.28. The molecule has 0 atom stereocenters. The number of carbonyl (C=O) groups is 1. The fourth-order valence-corrected chi connectivity index (χ4v) is 4.92. The zero-order chi connectivity index (χ0) is 24.6. The number of aryl methyl sites for hydroxylation is 2. The Morgan fingerprint density at radius 2 is 1.51 bits per heavy atom. The summed E-state index contributed by atoms with van der Waals surface area (Å²) in [5, 5.41) is 17.1. The highest BCUT2D eigenvalue weighted by Gasteiger charge is 2.12. The van der Waals surface area contributed by atoms with Crippen molar-refractivity contribution in [1.82, 2.24) is 5.32 Å². The molecule has 0 bridgehead atoms. The summed E-state index contributed by atoms with van der Waals surface area (Å²) in [6.07, 6.45) is 1.26. The van der Waals surface area contributed by atoms with Gasteiger partial charge < -0.3 is 15.7 Å². The lowest BCUT2D eigenvalue weighted by Gasteiger charge is -2.13. The van der Waals surface area contributed by atoms with Crippen LogP contribution in [-0.2, 0) is 19.4 Å². The molecule has 0 spiro atoms. The molecule has 0 aliphatic heterocycles. The Hall–Kier alpha value is -3.12. The molecule has 0 saturated heterocycles. The molecule has 2 amide bonds. The van der Waals surface area contributed by atoms with Crippen molar-refractivity contribution in [3.63, 3.8) is 0 Å². The molecule has 0 unspecified atom stereocenters. The van der Waals surface area contributed by atoms with E-state index in [1.807, 2.05) is 66.7 Å². The molecule has 35 heavy (non-hydrogen) atoms. The minimum Gasteiger partial charge on any atom is -0.506 e. The average Bonchev–Trinajstić information content (AvgIpc) is 2.87. The van der Waals surface area contributed by atoms with Crippen molar-refractivity contribution in [3.8, 4) is 5.75 Å². The lowest BCUT2D eigenvalue weighted by molar-refractivity contribution is 0.251. The first-order chi connectivity index (χ1) is 17.0. The summed E-state index contributed by atoms with van der Waals surface area (Å²) < 4.78 is 0. The van der Waals surface area contributed by atoms with Gasteiger partial charge in [0, 0.05) is 27.0 Å². The molecule has 7 heteroatoms. The number of carbonyl (C=O) groups excluding carboxylic acids is 1. The maximum absolute atomic E-state index is 12.4. The normalized spacial score (nSPS) is 10.7. The summed E-state index contributed by atoms with van der Waals surface area (Å²) in [6, 6.07) is 28.5. The van der Waals surface area contributed by atoms with Gasteiger partial charge in [0.1, 0.15) is 5.75 Å². The van der Waals surface area contributed by atoms with Crippen LogP contribution in [0.3, 0.4) is 0 Å². The van der Waals surface area contributed by atoms with Crippen LogP contribution in [0.5, 0.6) is 5.75 Å². The molecule has 4 aromatic rings. The van der Waals surface area contributed by atoms with E-state index in [4.69, 9.17) is 23.2 Å². The summed E-state index contributed by atoms with van der Waals surface area (Å²) in [5.74, 6) is 0.0322. The third-order valence-electron chi connectivity index (χ3n) is 5.37. The van der Waals surface area contributed by atoms with Gasteiger partial charge in [-0.3, -0.25) is 0 Å². The van der Waals surface area contributed by atoms with Crippen LogP contribution >= 0.6 is 35.0 Å². The van der Waals surface area contributed by atoms with Crippen LogP contribution in [0, 0.1) is 0 Å². The van der Waals surface area contributed by atoms with E-state index in [0.29, 0.717) is 35.7 Å². The minimum atomic E-state index is -0.341. The van der Waals surface area contributed by atoms with Crippen molar-refractivity contribution < 1.29 is 9.90 Å². The van der Waals surface area contributed by atoms with Crippen LogP contribution in [0.15, 0.2) is 101 Å². The molecule has 0 heterocycles. The number of anilines is 1. The average molecular weight is 523 g/mol. The largest absolute Gasteiger partial charge is 0.506 e. The van der Waals surface area contributed by atoms with Gasteiger partial charge in [-0.15, -0.1) is 0 Å². The first-order valence-corrected chi connectivity index (χ1v) is 12.7. The van der Waals surface area contributed by atoms with Crippen LogP contribution < -0.4 is 10.6 Å². The highest BCUT2D eigenvalue weighted by atomic mass is 35.5. The van der Waals surface area contributed by atoms with Gasteiger partial charge in [-0.1, -0.05) is 83.5 Å². The first kappa shape index (κ1) is 25.0. The molecule has 0 aliphatic carbocycles. The van der Waals surface area contributed by atoms with Gasteiger partial charge in [-0.25, -0.2) is 4.79 Å². The predicted molar refractivity (Wildman–Crippen MR) is 145 cm³/mol. The number of aromatic hydroxyl groups is 1. The number of phenols is 1. The molecule has 0 aliphatic rings. The van der Waals surface area contributed by atoms with E-state index < -0.39 is 0 Å². The molecule has 178 valence electrons. The molecule has 3 N–H and O–H groups in total. The van der Waals surface area contributed by atoms with Gasteiger partial charge in [-0.2, -0.15) is 0 Å². The highest BCUT2D eigenvalue weighted by Crippen LogP contribution is 2.35. The van der Waals surface area contributed by atoms with Crippen LogP contribution in [0.4, 0.5) is 10.5 Å². The molecule has 0 saturated carbocycles. The number of hydrogen-bond donors (Lipinski definition) is 3. The topological polar surface area (TPSA) is 61.4 Å². The van der Waals surface area contributed by atoms with E-state index in [1.165, 1.54) is 0 Å². The molecule has 4 nitrogen and oxygen atoms in total. The Balaban J connectivity index is 1.42. The standard InChI is InChI=1S/C28H24Cl2N2O2S/c29-22-12-14-24(15-13-22)35-26-9-5-4-8-20(26)10-11-21-16-23(17-25(30)27(21)33)32-28(34)31-18-19-6-2-1-3-7-19/h1-9,12-17,33H,10-11,18H2,(H2,31,32,34). The monoisotopic (exact) mass is 522 g/mol. The summed E-state index contributed by atoms with van der Waals surface area (Å²) in [6.45, 7) is 0.410. The minimum absolute atomic E-state index is 0.0322. The number of amides is 2. The summed E-state index contributed by atoms with van der Waals surface area (Å²) >= 11 is 13.9. The van der Waals surface area contributed by atoms with Crippen molar-refractivity contribution in [3.05, 3.63) is 118 Å². The second-order valence-corrected chi connectivity index (χ2v) is 9.88. The zero-order valence-corrected chi connectivity index (χ0v) is 21.1. The number of urea groups is 1. The lowest BCUT2D eigenvalue weighted by atomic mass is 10.0. The molecular formula is C28H24Cl2N2O2S. The van der Waals surface area contributed by atoms with E-state index in [2.05, 4.69) is 22.8 Å². The summed E-state index contributed by atoms with van der Waals surface area (Å²) in [5.41, 5.74) is 3.35. The van der Waals surface area contributed by atoms with Crippen molar-refractivity contribution in [2.75, 3.05) is 5.32 Å². The van der Waals surface area contributed by atoms with Gasteiger partial charge in [-0.05, 0) is 72.0 Å². The number of halogens is 2. The first-order valence-electron chi connectivity index (χ1n) is 11.1. The van der Waals surface area contributed by atoms with Gasteiger partial charge in [0.15, 0.2) is 0 Å². The summed E-state index contributed by atoms with van der Waals surface area (Å²) in [4.78, 5) is 14.6. The number of phenolic OH excluding ortho intramolecular Hbond substituents is 1. The fourth-order valence-electron chi connectivity index (χ4n) is 3.58. The molecular weight excluding hydrogens is 499 g/mol. The van der Waals surface area contributed by atoms with E-state index in [1.54, 1.807) is 23.9 Å². The van der Waals surface area contributed by atoms with Gasteiger partial charge in [0.05, 0.1) is 5.02 Å². The van der Waals surface area contributed by atoms with Crippen LogP contribution in [-0.4, -0.2) is 11.1 Å². The number of nitrogens with one attached hydrogen (secondary N) is 2. The second-order valence-electron chi connectivity index (χ2n) is 7.92. The Morgan fingerprint density at radius 1 is 0.829 bits per heavy atom. The van der Waals surface area contributed by atoms with Gasteiger partial charge in [0.2, 0.25) is 0 Å². The Kier molecular flexibility index (Phi) is 8.59. The quantitative estimate of drug-likeness (QED) is 0.205.